The number of pyridine rings is 1. The lowest BCUT2D eigenvalue weighted by Gasteiger charge is -2.10. The number of carboxylic acid groups (broad SMARTS) is 1. The third kappa shape index (κ3) is 9.24. The third-order valence-corrected chi connectivity index (χ3v) is 4.83. The summed E-state index contributed by atoms with van der Waals surface area (Å²) < 4.78 is 43.2. The van der Waals surface area contributed by atoms with E-state index in [1.54, 1.807) is 12.1 Å². The van der Waals surface area contributed by atoms with Crippen molar-refractivity contribution in [1.29, 1.82) is 0 Å². The summed E-state index contributed by atoms with van der Waals surface area (Å²) in [6, 6.07) is 9.35. The lowest BCUT2D eigenvalue weighted by molar-refractivity contribution is -0.138. The first-order valence-corrected chi connectivity index (χ1v) is 10.9. The average molecular weight is 509 g/mol. The monoisotopic (exact) mass is 508 g/mol. The molecule has 0 radical (unpaired) electrons. The fourth-order valence-electron chi connectivity index (χ4n) is 2.68. The molecule has 0 aliphatic heterocycles. The topological polar surface area (TPSA) is 97.2 Å². The van der Waals surface area contributed by atoms with Crippen LogP contribution < -0.4 is 10.1 Å². The highest BCUT2D eigenvalue weighted by Crippen LogP contribution is 2.30. The van der Waals surface area contributed by atoms with Gasteiger partial charge in [-0.25, -0.2) is 15.0 Å². The van der Waals surface area contributed by atoms with Crippen LogP contribution in [0.15, 0.2) is 61.6 Å². The van der Waals surface area contributed by atoms with E-state index in [0.717, 1.165) is 36.4 Å². The highest BCUT2D eigenvalue weighted by atomic mass is 35.5. The smallest absolute Gasteiger partial charge is 0.417 e. The maximum Gasteiger partial charge on any atom is 0.417 e. The number of aryl methyl sites for hydroxylation is 1. The van der Waals surface area contributed by atoms with Crippen LogP contribution >= 0.6 is 11.6 Å². The molecule has 0 fully saturated rings. The largest absolute Gasteiger partial charge is 0.481 e. The second-order valence-corrected chi connectivity index (χ2v) is 7.41. The minimum atomic E-state index is -4.42. The Hall–Kier alpha value is -3.66. The zero-order chi connectivity index (χ0) is 25.8. The quantitative estimate of drug-likeness (QED) is 0.332. The summed E-state index contributed by atoms with van der Waals surface area (Å²) in [5.41, 5.74) is 1.02. The normalized spacial score (nSPS) is 10.7. The van der Waals surface area contributed by atoms with E-state index in [4.69, 9.17) is 21.4 Å². The summed E-state index contributed by atoms with van der Waals surface area (Å²) in [4.78, 5) is 21.5. The molecule has 0 spiro atoms. The summed E-state index contributed by atoms with van der Waals surface area (Å²) >= 11 is 6.25. The van der Waals surface area contributed by atoms with Crippen LogP contribution in [0.25, 0.3) is 0 Å². The van der Waals surface area contributed by atoms with Gasteiger partial charge < -0.3 is 15.2 Å². The highest BCUT2D eigenvalue weighted by Gasteiger charge is 2.30. The molecule has 7 nitrogen and oxygen atoms in total. The molecular formula is C24H24ClF3N4O3. The Balaban J connectivity index is 0.000000641. The number of hydrogen-bond acceptors (Lipinski definition) is 6. The predicted molar refractivity (Wildman–Crippen MR) is 127 cm³/mol. The van der Waals surface area contributed by atoms with Crippen LogP contribution in [0.5, 0.6) is 11.6 Å². The standard InChI is InChI=1S/C20H18ClF3N4O.C4H6O2/c1-2-16-18(21)19(28-12-27-16)25-10-9-13-3-6-15(7-4-13)29-17-8-5-14(11-26-17)20(22,23)24;1-2-3-4(5)6/h3-8,11-12H,2,9-10H2,1H3,(H,25,27,28);2H,1,3H2,(H,5,6). The number of nitrogens with one attached hydrogen (secondary N) is 1. The molecule has 2 heterocycles. The number of alkyl halides is 3. The Bertz CT molecular complexity index is 1110. The SMILES string of the molecule is C=CCC(=O)O.CCc1ncnc(NCCc2ccc(Oc3ccc(C(F)(F)F)cn3)cc2)c1Cl. The van der Waals surface area contributed by atoms with E-state index in [2.05, 4.69) is 26.8 Å². The summed E-state index contributed by atoms with van der Waals surface area (Å²) in [7, 11) is 0. The van der Waals surface area contributed by atoms with Crippen LogP contribution in [0, 0.1) is 0 Å². The molecule has 0 amide bonds. The van der Waals surface area contributed by atoms with E-state index in [0.29, 0.717) is 23.1 Å². The zero-order valence-electron chi connectivity index (χ0n) is 18.8. The van der Waals surface area contributed by atoms with Gasteiger partial charge in [0.05, 0.1) is 17.7 Å². The van der Waals surface area contributed by atoms with Crippen molar-refractivity contribution in [3.05, 3.63) is 83.4 Å². The maximum absolute atomic E-state index is 12.6. The number of carbonyl (C=O) groups is 1. The van der Waals surface area contributed by atoms with Crippen molar-refractivity contribution in [2.24, 2.45) is 0 Å². The van der Waals surface area contributed by atoms with Gasteiger partial charge in [-0.3, -0.25) is 4.79 Å². The van der Waals surface area contributed by atoms with Crippen LogP contribution in [0.1, 0.15) is 30.2 Å². The van der Waals surface area contributed by atoms with Gasteiger partial charge in [-0.2, -0.15) is 13.2 Å². The number of hydrogen-bond donors (Lipinski definition) is 2. The number of carboxylic acids is 1. The number of aliphatic carboxylic acids is 1. The number of rotatable bonds is 9. The lowest BCUT2D eigenvalue weighted by Crippen LogP contribution is -2.08. The molecule has 0 bridgehead atoms. The third-order valence-electron chi connectivity index (χ3n) is 4.43. The molecule has 0 aliphatic rings. The molecule has 0 unspecified atom stereocenters. The molecule has 0 saturated carbocycles. The molecule has 35 heavy (non-hydrogen) atoms. The molecule has 0 aliphatic carbocycles. The van der Waals surface area contributed by atoms with Crippen LogP contribution in [0.2, 0.25) is 5.02 Å². The Morgan fingerprint density at radius 1 is 1.17 bits per heavy atom. The molecular weight excluding hydrogens is 485 g/mol. The number of halogens is 4. The number of nitrogens with zero attached hydrogens (tertiary/aromatic N) is 3. The molecule has 3 rings (SSSR count). The molecule has 186 valence electrons. The van der Waals surface area contributed by atoms with E-state index in [-0.39, 0.29) is 12.3 Å². The highest BCUT2D eigenvalue weighted by molar-refractivity contribution is 6.33. The van der Waals surface area contributed by atoms with Crippen molar-refractivity contribution >= 4 is 23.4 Å². The molecule has 0 saturated heterocycles. The first kappa shape index (κ1) is 27.6. The van der Waals surface area contributed by atoms with Crippen LogP contribution in [0.3, 0.4) is 0 Å². The predicted octanol–water partition coefficient (Wildman–Crippen LogP) is 6.20. The second-order valence-electron chi connectivity index (χ2n) is 7.03. The van der Waals surface area contributed by atoms with Gasteiger partial charge in [-0.05, 0) is 36.6 Å². The van der Waals surface area contributed by atoms with Crippen molar-refractivity contribution in [2.75, 3.05) is 11.9 Å². The molecule has 11 heteroatoms. The van der Waals surface area contributed by atoms with Gasteiger partial charge in [-0.15, -0.1) is 6.58 Å². The molecule has 1 aromatic carbocycles. The first-order valence-electron chi connectivity index (χ1n) is 10.5. The number of anilines is 1. The van der Waals surface area contributed by atoms with Crippen molar-refractivity contribution in [3.63, 3.8) is 0 Å². The zero-order valence-corrected chi connectivity index (χ0v) is 19.6. The van der Waals surface area contributed by atoms with Gasteiger partial charge in [0.25, 0.3) is 0 Å². The molecule has 3 aromatic rings. The Labute approximate surface area is 205 Å². The summed E-state index contributed by atoms with van der Waals surface area (Å²) in [5.74, 6) is 0.356. The summed E-state index contributed by atoms with van der Waals surface area (Å²) in [6.45, 7) is 5.82. The van der Waals surface area contributed by atoms with Crippen molar-refractivity contribution < 1.29 is 27.8 Å². The van der Waals surface area contributed by atoms with Crippen LogP contribution in [0.4, 0.5) is 19.0 Å². The van der Waals surface area contributed by atoms with Gasteiger partial charge in [0.2, 0.25) is 5.88 Å². The van der Waals surface area contributed by atoms with E-state index in [1.165, 1.54) is 18.5 Å². The first-order chi connectivity index (χ1) is 16.6. The fourth-order valence-corrected chi connectivity index (χ4v) is 2.98. The van der Waals surface area contributed by atoms with Crippen molar-refractivity contribution in [3.8, 4) is 11.6 Å². The minimum Gasteiger partial charge on any atom is -0.481 e. The molecule has 2 N–H and O–H groups in total. The average Bonchev–Trinajstić information content (AvgIpc) is 2.81. The van der Waals surface area contributed by atoms with E-state index in [1.807, 2.05) is 19.1 Å². The van der Waals surface area contributed by atoms with Crippen molar-refractivity contribution in [2.45, 2.75) is 32.4 Å². The van der Waals surface area contributed by atoms with Gasteiger partial charge >= 0.3 is 12.1 Å². The fraction of sp³-hybridized carbons (Fsp3) is 0.250. The van der Waals surface area contributed by atoms with E-state index < -0.39 is 17.7 Å². The van der Waals surface area contributed by atoms with Gasteiger partial charge in [-0.1, -0.05) is 36.7 Å². The van der Waals surface area contributed by atoms with Crippen molar-refractivity contribution in [1.82, 2.24) is 15.0 Å². The van der Waals surface area contributed by atoms with Gasteiger partial charge in [0.15, 0.2) is 0 Å². The van der Waals surface area contributed by atoms with E-state index >= 15 is 0 Å². The molecule has 2 aromatic heterocycles. The van der Waals surface area contributed by atoms with E-state index in [9.17, 15) is 18.0 Å². The van der Waals surface area contributed by atoms with Gasteiger partial charge in [0.1, 0.15) is 22.9 Å². The van der Waals surface area contributed by atoms with Crippen LogP contribution in [-0.4, -0.2) is 32.6 Å². The number of benzene rings is 1. The number of ether oxygens (including phenoxy) is 1. The maximum atomic E-state index is 12.6. The lowest BCUT2D eigenvalue weighted by atomic mass is 10.1. The number of aromatic nitrogens is 3. The minimum absolute atomic E-state index is 0.0556. The Morgan fingerprint density at radius 3 is 2.40 bits per heavy atom. The summed E-state index contributed by atoms with van der Waals surface area (Å²) in [5, 5.41) is 11.6. The molecule has 0 atom stereocenters. The Kier molecular flexibility index (Phi) is 10.5. The van der Waals surface area contributed by atoms with Gasteiger partial charge in [0, 0.05) is 18.8 Å². The van der Waals surface area contributed by atoms with Crippen LogP contribution in [-0.2, 0) is 23.8 Å². The second kappa shape index (κ2) is 13.3. The Morgan fingerprint density at radius 2 is 1.89 bits per heavy atom. The summed E-state index contributed by atoms with van der Waals surface area (Å²) in [6.07, 6.45) is 0.662.